The van der Waals surface area contributed by atoms with E-state index in [1.54, 1.807) is 18.2 Å². The summed E-state index contributed by atoms with van der Waals surface area (Å²) in [6.07, 6.45) is 8.05. The third kappa shape index (κ3) is 0.458. The standard InChI is InChI=1S/C6H3/c1-2-4-6-5-3-1/h1-2,5H/q+1. The lowest BCUT2D eigenvalue weighted by molar-refractivity contribution is 1.86. The Morgan fingerprint density at radius 2 is 2.33 bits per heavy atom. The molecule has 0 heterocycles. The van der Waals surface area contributed by atoms with Crippen molar-refractivity contribution in [3.05, 3.63) is 24.3 Å². The van der Waals surface area contributed by atoms with Crippen LogP contribution in [-0.2, 0) is 0 Å². The Morgan fingerprint density at radius 3 is 2.50 bits per heavy atom. The van der Waals surface area contributed by atoms with Gasteiger partial charge in [-0.3, -0.25) is 0 Å². The Hall–Kier alpha value is -1.05. The Labute approximate surface area is 37.2 Å². The van der Waals surface area contributed by atoms with Crippen LogP contribution >= 0.6 is 0 Å². The van der Waals surface area contributed by atoms with Gasteiger partial charge in [0.1, 0.15) is 18.1 Å². The summed E-state index contributed by atoms with van der Waals surface area (Å²) in [5, 5.41) is 0. The van der Waals surface area contributed by atoms with Gasteiger partial charge >= 0.3 is 0 Å². The number of allylic oxidation sites excluding steroid dienone is 4. The minimum atomic E-state index is 1.69. The largest absolute Gasteiger partial charge is 0.166 e. The molecule has 0 aromatic carbocycles. The molecule has 0 nitrogen and oxygen atoms in total. The molecule has 26 valence electrons. The Kier molecular flexibility index (Phi) is 0.737. The maximum absolute atomic E-state index is 2.81. The molecule has 0 fully saturated rings. The highest BCUT2D eigenvalue weighted by atomic mass is 13.7. The maximum Gasteiger partial charge on any atom is 0.166 e. The Bertz CT molecular complexity index is 123. The van der Waals surface area contributed by atoms with Gasteiger partial charge in [0.25, 0.3) is 0 Å². The van der Waals surface area contributed by atoms with Crippen LogP contribution in [0, 0.1) is 17.9 Å². The van der Waals surface area contributed by atoms with Crippen LogP contribution in [0.2, 0.25) is 0 Å². The van der Waals surface area contributed by atoms with E-state index in [9.17, 15) is 0 Å². The first-order valence-corrected chi connectivity index (χ1v) is 1.74. The number of hydrogen-bond donors (Lipinski definition) is 0. The van der Waals surface area contributed by atoms with E-state index < -0.39 is 0 Å². The van der Waals surface area contributed by atoms with Crippen molar-refractivity contribution in [3.8, 4) is 11.8 Å². The first-order valence-electron chi connectivity index (χ1n) is 1.74. The summed E-state index contributed by atoms with van der Waals surface area (Å²) in [7, 11) is 0. The van der Waals surface area contributed by atoms with Crippen LogP contribution in [0.15, 0.2) is 18.2 Å². The van der Waals surface area contributed by atoms with Crippen LogP contribution in [0.1, 0.15) is 0 Å². The van der Waals surface area contributed by atoms with Crippen molar-refractivity contribution in [3.63, 3.8) is 0 Å². The average Bonchev–Trinajstić information content (AvgIpc) is 1.72. The molecule has 1 aliphatic carbocycles. The predicted octanol–water partition coefficient (Wildman–Crippen LogP) is 0.919. The van der Waals surface area contributed by atoms with Gasteiger partial charge in [-0.25, -0.2) is 0 Å². The Balaban J connectivity index is 2.89. The fourth-order valence-corrected chi connectivity index (χ4v) is 0.269. The molecule has 0 unspecified atom stereocenters. The molecule has 0 spiro atoms. The molecule has 0 heteroatoms. The second-order valence-electron chi connectivity index (χ2n) is 0.933. The second kappa shape index (κ2) is 1.40. The first-order chi connectivity index (χ1) is 3.00. The third-order valence-electron chi connectivity index (χ3n) is 0.502. The van der Waals surface area contributed by atoms with Crippen molar-refractivity contribution in [2.75, 3.05) is 0 Å². The molecule has 0 amide bonds. The fraction of sp³-hybridized carbons (Fsp3) is 0. The normalized spacial score (nSPS) is 12.0. The number of rotatable bonds is 0. The molecular weight excluding hydrogens is 72.1 g/mol. The predicted molar refractivity (Wildman–Crippen MR) is 24.7 cm³/mol. The van der Waals surface area contributed by atoms with Gasteiger partial charge < -0.3 is 0 Å². The molecule has 0 aromatic heterocycles. The molecule has 1 aliphatic rings. The lowest BCUT2D eigenvalue weighted by Gasteiger charge is -1.56. The molecule has 6 heavy (non-hydrogen) atoms. The highest BCUT2D eigenvalue weighted by Crippen LogP contribution is 1.77. The summed E-state index contributed by atoms with van der Waals surface area (Å²) in [5.41, 5.74) is 0. The van der Waals surface area contributed by atoms with Crippen molar-refractivity contribution in [1.29, 1.82) is 0 Å². The van der Waals surface area contributed by atoms with Crippen LogP contribution < -0.4 is 0 Å². The van der Waals surface area contributed by atoms with Crippen LogP contribution in [0.4, 0.5) is 0 Å². The quantitative estimate of drug-likeness (QED) is 0.296. The van der Waals surface area contributed by atoms with E-state index >= 15 is 0 Å². The van der Waals surface area contributed by atoms with Crippen LogP contribution in [0.25, 0.3) is 0 Å². The third-order valence-corrected chi connectivity index (χ3v) is 0.502. The van der Waals surface area contributed by atoms with Gasteiger partial charge in [0.2, 0.25) is 0 Å². The van der Waals surface area contributed by atoms with Gasteiger partial charge in [-0.05, 0) is 0 Å². The summed E-state index contributed by atoms with van der Waals surface area (Å²) in [5.74, 6) is 5.45. The molecule has 0 atom stereocenters. The van der Waals surface area contributed by atoms with Crippen LogP contribution in [0.5, 0.6) is 0 Å². The highest BCUT2D eigenvalue weighted by Gasteiger charge is 1.77. The molecule has 0 saturated carbocycles. The summed E-state index contributed by atoms with van der Waals surface area (Å²) >= 11 is 0. The van der Waals surface area contributed by atoms with E-state index in [1.807, 2.05) is 0 Å². The van der Waals surface area contributed by atoms with Crippen molar-refractivity contribution in [2.45, 2.75) is 0 Å². The van der Waals surface area contributed by atoms with Gasteiger partial charge in [0.05, 0.1) is 12.0 Å². The van der Waals surface area contributed by atoms with E-state index in [1.165, 1.54) is 0 Å². The summed E-state index contributed by atoms with van der Waals surface area (Å²) in [6.45, 7) is 0. The van der Waals surface area contributed by atoms with E-state index in [2.05, 4.69) is 17.9 Å². The van der Waals surface area contributed by atoms with Crippen LogP contribution in [0.3, 0.4) is 0 Å². The SMILES string of the molecule is C1#CC=C[C+]=C1. The summed E-state index contributed by atoms with van der Waals surface area (Å²) in [6, 6.07) is 0. The zero-order valence-corrected chi connectivity index (χ0v) is 3.23. The topological polar surface area (TPSA) is 0 Å². The molecule has 0 N–H and O–H groups in total. The van der Waals surface area contributed by atoms with Gasteiger partial charge in [-0.1, -0.05) is 0 Å². The lowest BCUT2D eigenvalue weighted by Crippen LogP contribution is -1.57. The van der Waals surface area contributed by atoms with Gasteiger partial charge in [0.15, 0.2) is 6.08 Å². The molecule has 0 aliphatic heterocycles. The molecule has 0 aromatic rings. The zero-order chi connectivity index (χ0) is 4.24. The van der Waals surface area contributed by atoms with Crippen molar-refractivity contribution < 1.29 is 0 Å². The summed E-state index contributed by atoms with van der Waals surface area (Å²) in [4.78, 5) is 0. The van der Waals surface area contributed by atoms with Crippen molar-refractivity contribution in [1.82, 2.24) is 0 Å². The smallest absolute Gasteiger partial charge is 0.0509 e. The van der Waals surface area contributed by atoms with Crippen LogP contribution in [-0.4, -0.2) is 0 Å². The highest BCUT2D eigenvalue weighted by molar-refractivity contribution is 5.29. The van der Waals surface area contributed by atoms with E-state index in [4.69, 9.17) is 0 Å². The van der Waals surface area contributed by atoms with Gasteiger partial charge in [0, 0.05) is 0 Å². The fourth-order valence-electron chi connectivity index (χ4n) is 0.269. The molecule has 1 rings (SSSR count). The summed E-state index contributed by atoms with van der Waals surface area (Å²) < 4.78 is 0. The monoisotopic (exact) mass is 75.0 g/mol. The van der Waals surface area contributed by atoms with E-state index in [0.29, 0.717) is 0 Å². The van der Waals surface area contributed by atoms with E-state index in [0.717, 1.165) is 0 Å². The molecule has 0 radical (unpaired) electrons. The molecular formula is C6H3+. The Morgan fingerprint density at radius 1 is 1.33 bits per heavy atom. The zero-order valence-electron chi connectivity index (χ0n) is 3.23. The van der Waals surface area contributed by atoms with Crippen molar-refractivity contribution in [2.24, 2.45) is 0 Å². The van der Waals surface area contributed by atoms with Crippen molar-refractivity contribution >= 4 is 0 Å². The lowest BCUT2D eigenvalue weighted by atomic mass is 10.3. The van der Waals surface area contributed by atoms with Gasteiger partial charge in [-0.15, -0.1) is 0 Å². The van der Waals surface area contributed by atoms with Gasteiger partial charge in [-0.2, -0.15) is 0 Å². The molecule has 0 saturated heterocycles. The molecule has 0 bridgehead atoms. The number of hydrogen-bond acceptors (Lipinski definition) is 0. The minimum absolute atomic E-state index is 1.69. The average molecular weight is 75.1 g/mol. The maximum atomic E-state index is 2.81. The first kappa shape index (κ1) is 3.15. The minimum Gasteiger partial charge on any atom is 0.0509 e. The van der Waals surface area contributed by atoms with E-state index in [-0.39, 0.29) is 0 Å². The second-order valence-corrected chi connectivity index (χ2v) is 0.933.